The molecule has 2 aromatic heterocycles. The summed E-state index contributed by atoms with van der Waals surface area (Å²) in [5.74, 6) is 0. The fourth-order valence-corrected chi connectivity index (χ4v) is 1.50. The van der Waals surface area contributed by atoms with Gasteiger partial charge in [0.1, 0.15) is 0 Å². The van der Waals surface area contributed by atoms with Gasteiger partial charge in [0.15, 0.2) is 0 Å². The van der Waals surface area contributed by atoms with Crippen LogP contribution in [0.3, 0.4) is 0 Å². The van der Waals surface area contributed by atoms with Crippen molar-refractivity contribution in [2.24, 2.45) is 0 Å². The quantitative estimate of drug-likeness (QED) is 0.731. The molecule has 0 unspecified atom stereocenters. The maximum Gasteiger partial charge on any atom is 0.0982 e. The van der Waals surface area contributed by atoms with E-state index in [1.165, 1.54) is 23.1 Å². The SMILES string of the molecule is C(=C\c1csnn1)/c1csnn1. The fraction of sp³-hybridized carbons (Fsp3) is 0. The molecule has 2 rings (SSSR count). The van der Waals surface area contributed by atoms with E-state index in [2.05, 4.69) is 19.2 Å². The zero-order valence-electron chi connectivity index (χ0n) is 5.91. The van der Waals surface area contributed by atoms with Crippen LogP contribution >= 0.6 is 23.1 Å². The first-order chi connectivity index (χ1) is 5.95. The lowest BCUT2D eigenvalue weighted by Crippen LogP contribution is -1.72. The minimum atomic E-state index is 0.855. The molecule has 0 fully saturated rings. The summed E-state index contributed by atoms with van der Waals surface area (Å²) in [5, 5.41) is 11.4. The van der Waals surface area contributed by atoms with Crippen molar-refractivity contribution in [2.45, 2.75) is 0 Å². The Morgan fingerprint density at radius 1 is 0.917 bits per heavy atom. The molecule has 0 aromatic carbocycles. The molecule has 0 aliphatic carbocycles. The summed E-state index contributed by atoms with van der Waals surface area (Å²) in [5.41, 5.74) is 1.71. The summed E-state index contributed by atoms with van der Waals surface area (Å²) in [6.07, 6.45) is 3.72. The molecule has 0 N–H and O–H groups in total. The van der Waals surface area contributed by atoms with Gasteiger partial charge in [-0.1, -0.05) is 8.98 Å². The molecule has 0 radical (unpaired) electrons. The third-order valence-electron chi connectivity index (χ3n) is 1.18. The van der Waals surface area contributed by atoms with Gasteiger partial charge in [-0.2, -0.15) is 0 Å². The number of aromatic nitrogens is 4. The van der Waals surface area contributed by atoms with Crippen molar-refractivity contribution in [1.82, 2.24) is 19.2 Å². The standard InChI is InChI=1S/C6H4N4S2/c1(5-3-11-9-7-5)2-6-4-12-10-8-6/h1-4H/b2-1+. The first kappa shape index (κ1) is 7.51. The van der Waals surface area contributed by atoms with Crippen LogP contribution in [0, 0.1) is 0 Å². The summed E-state index contributed by atoms with van der Waals surface area (Å²) in [6.45, 7) is 0. The van der Waals surface area contributed by atoms with Gasteiger partial charge in [0.25, 0.3) is 0 Å². The van der Waals surface area contributed by atoms with Crippen molar-refractivity contribution in [3.05, 3.63) is 22.1 Å². The summed E-state index contributed by atoms with van der Waals surface area (Å²) in [7, 11) is 0. The van der Waals surface area contributed by atoms with E-state index in [0.29, 0.717) is 0 Å². The third-order valence-corrected chi connectivity index (χ3v) is 2.22. The summed E-state index contributed by atoms with van der Waals surface area (Å²) < 4.78 is 7.46. The van der Waals surface area contributed by atoms with Gasteiger partial charge in [-0.15, -0.1) is 10.2 Å². The van der Waals surface area contributed by atoms with E-state index in [1.54, 1.807) is 0 Å². The van der Waals surface area contributed by atoms with Crippen LogP contribution in [0.5, 0.6) is 0 Å². The monoisotopic (exact) mass is 196 g/mol. The van der Waals surface area contributed by atoms with E-state index in [4.69, 9.17) is 0 Å². The number of rotatable bonds is 2. The second kappa shape index (κ2) is 3.51. The van der Waals surface area contributed by atoms with E-state index in [0.717, 1.165) is 11.4 Å². The van der Waals surface area contributed by atoms with Crippen LogP contribution < -0.4 is 0 Å². The van der Waals surface area contributed by atoms with Crippen molar-refractivity contribution in [2.75, 3.05) is 0 Å². The van der Waals surface area contributed by atoms with E-state index in [9.17, 15) is 0 Å². The average molecular weight is 196 g/mol. The third kappa shape index (κ3) is 1.72. The molecule has 0 aliphatic rings. The molecule has 4 nitrogen and oxygen atoms in total. The van der Waals surface area contributed by atoms with Crippen LogP contribution in [-0.2, 0) is 0 Å². The molecule has 0 saturated heterocycles. The lowest BCUT2D eigenvalue weighted by atomic mass is 10.4. The highest BCUT2D eigenvalue weighted by Crippen LogP contribution is 2.05. The van der Waals surface area contributed by atoms with E-state index in [-0.39, 0.29) is 0 Å². The molecular formula is C6H4N4S2. The summed E-state index contributed by atoms with van der Waals surface area (Å²) in [6, 6.07) is 0. The van der Waals surface area contributed by atoms with E-state index < -0.39 is 0 Å². The van der Waals surface area contributed by atoms with Gasteiger partial charge in [0.05, 0.1) is 11.4 Å². The Kier molecular flexibility index (Phi) is 2.19. The van der Waals surface area contributed by atoms with Crippen molar-refractivity contribution in [1.29, 1.82) is 0 Å². The van der Waals surface area contributed by atoms with Crippen LogP contribution in [-0.4, -0.2) is 19.2 Å². The van der Waals surface area contributed by atoms with Gasteiger partial charge < -0.3 is 0 Å². The van der Waals surface area contributed by atoms with E-state index >= 15 is 0 Å². The van der Waals surface area contributed by atoms with Gasteiger partial charge in [-0.25, -0.2) is 0 Å². The highest BCUT2D eigenvalue weighted by Gasteiger charge is 1.91. The molecule has 2 heterocycles. The van der Waals surface area contributed by atoms with Gasteiger partial charge in [-0.3, -0.25) is 0 Å². The fourth-order valence-electron chi connectivity index (χ4n) is 0.660. The van der Waals surface area contributed by atoms with Crippen LogP contribution in [0.2, 0.25) is 0 Å². The Labute approximate surface area is 76.9 Å². The van der Waals surface area contributed by atoms with Crippen LogP contribution in [0.25, 0.3) is 12.2 Å². The summed E-state index contributed by atoms with van der Waals surface area (Å²) >= 11 is 2.66. The molecule has 0 atom stereocenters. The van der Waals surface area contributed by atoms with Crippen LogP contribution in [0.15, 0.2) is 10.8 Å². The van der Waals surface area contributed by atoms with Gasteiger partial charge in [-0.05, 0) is 35.2 Å². The molecule has 0 aliphatic heterocycles. The zero-order chi connectivity index (χ0) is 8.23. The van der Waals surface area contributed by atoms with Crippen molar-refractivity contribution in [3.8, 4) is 0 Å². The minimum absolute atomic E-state index is 0.855. The smallest absolute Gasteiger partial charge is 0.0982 e. The largest absolute Gasteiger partial charge is 0.139 e. The second-order valence-electron chi connectivity index (χ2n) is 1.99. The summed E-state index contributed by atoms with van der Waals surface area (Å²) in [4.78, 5) is 0. The second-order valence-corrected chi connectivity index (χ2v) is 3.21. The normalized spacial score (nSPS) is 11.0. The molecule has 60 valence electrons. The lowest BCUT2D eigenvalue weighted by molar-refractivity contribution is 1.13. The van der Waals surface area contributed by atoms with Crippen LogP contribution in [0.1, 0.15) is 11.4 Å². The average Bonchev–Trinajstić information content (AvgIpc) is 2.74. The molecule has 2 aromatic rings. The van der Waals surface area contributed by atoms with Crippen LogP contribution in [0.4, 0.5) is 0 Å². The predicted octanol–water partition coefficient (Wildman–Crippen LogP) is 1.56. The molecule has 6 heteroatoms. The maximum absolute atomic E-state index is 3.85. The zero-order valence-corrected chi connectivity index (χ0v) is 7.55. The molecule has 0 amide bonds. The minimum Gasteiger partial charge on any atom is -0.139 e. The van der Waals surface area contributed by atoms with Gasteiger partial charge >= 0.3 is 0 Å². The number of nitrogens with zero attached hydrogens (tertiary/aromatic N) is 4. The number of hydrogen-bond acceptors (Lipinski definition) is 6. The molecule has 0 saturated carbocycles. The first-order valence-corrected chi connectivity index (χ1v) is 4.84. The molecule has 0 spiro atoms. The van der Waals surface area contributed by atoms with Gasteiger partial charge in [0.2, 0.25) is 0 Å². The van der Waals surface area contributed by atoms with Gasteiger partial charge in [0, 0.05) is 10.8 Å². The van der Waals surface area contributed by atoms with Crippen molar-refractivity contribution >= 4 is 35.2 Å². The Bertz CT molecular complexity index is 315. The molecular weight excluding hydrogens is 192 g/mol. The Hall–Kier alpha value is -1.14. The Balaban J connectivity index is 2.14. The molecule has 12 heavy (non-hydrogen) atoms. The topological polar surface area (TPSA) is 51.6 Å². The molecule has 0 bridgehead atoms. The van der Waals surface area contributed by atoms with Crippen molar-refractivity contribution in [3.63, 3.8) is 0 Å². The lowest BCUT2D eigenvalue weighted by Gasteiger charge is -1.78. The Morgan fingerprint density at radius 3 is 1.75 bits per heavy atom. The Morgan fingerprint density at radius 2 is 1.42 bits per heavy atom. The first-order valence-electron chi connectivity index (χ1n) is 3.17. The predicted molar refractivity (Wildman–Crippen MR) is 48.7 cm³/mol. The van der Waals surface area contributed by atoms with E-state index in [1.807, 2.05) is 22.9 Å². The highest BCUT2D eigenvalue weighted by molar-refractivity contribution is 7.03. The highest BCUT2D eigenvalue weighted by atomic mass is 32.1. The number of hydrogen-bond donors (Lipinski definition) is 0. The maximum atomic E-state index is 3.85. The van der Waals surface area contributed by atoms with Crippen molar-refractivity contribution < 1.29 is 0 Å².